The van der Waals surface area contributed by atoms with E-state index < -0.39 is 15.9 Å². The Labute approximate surface area is 175 Å². The van der Waals surface area contributed by atoms with Crippen LogP contribution in [0, 0.1) is 0 Å². The highest BCUT2D eigenvalue weighted by molar-refractivity contribution is 7.89. The first-order chi connectivity index (χ1) is 13.9. The fourth-order valence-electron chi connectivity index (χ4n) is 3.01. The number of anilines is 1. The molecule has 1 amide bonds. The molecule has 0 bridgehead atoms. The normalized spacial score (nSPS) is 14.6. The first kappa shape index (κ1) is 21.4. The number of hydrogen-bond acceptors (Lipinski definition) is 5. The van der Waals surface area contributed by atoms with Crippen LogP contribution in [0.25, 0.3) is 0 Å². The van der Waals surface area contributed by atoms with Crippen molar-refractivity contribution in [3.05, 3.63) is 47.5 Å². The van der Waals surface area contributed by atoms with Gasteiger partial charge in [0.2, 0.25) is 10.0 Å². The molecule has 1 N–H and O–H groups in total. The molecular weight excluding hydrogens is 416 g/mol. The maximum atomic E-state index is 13.0. The van der Waals surface area contributed by atoms with Gasteiger partial charge in [-0.2, -0.15) is 4.31 Å². The molecule has 1 fully saturated rings. The molecule has 2 aromatic rings. The lowest BCUT2D eigenvalue weighted by Crippen LogP contribution is -2.28. The monoisotopic (exact) mass is 438 g/mol. The molecule has 0 unspecified atom stereocenters. The maximum Gasteiger partial charge on any atom is 0.262 e. The molecule has 156 valence electrons. The van der Waals surface area contributed by atoms with E-state index in [0.717, 1.165) is 12.8 Å². The van der Waals surface area contributed by atoms with Crippen LogP contribution in [0.2, 0.25) is 5.02 Å². The number of rotatable bonds is 8. The summed E-state index contributed by atoms with van der Waals surface area (Å²) in [5, 5.41) is 3.24. The van der Waals surface area contributed by atoms with Crippen LogP contribution in [0.15, 0.2) is 47.4 Å². The van der Waals surface area contributed by atoms with E-state index in [1.165, 1.54) is 10.4 Å². The van der Waals surface area contributed by atoms with Crippen LogP contribution < -0.4 is 14.8 Å². The van der Waals surface area contributed by atoms with E-state index in [0.29, 0.717) is 36.2 Å². The van der Waals surface area contributed by atoms with Crippen LogP contribution in [0.4, 0.5) is 5.69 Å². The van der Waals surface area contributed by atoms with Gasteiger partial charge in [-0.3, -0.25) is 4.79 Å². The smallest absolute Gasteiger partial charge is 0.262 e. The highest BCUT2D eigenvalue weighted by atomic mass is 35.5. The molecular formula is C20H23ClN2O5S. The minimum atomic E-state index is -3.70. The number of nitrogens with zero attached hydrogens (tertiary/aromatic N) is 1. The average molecular weight is 439 g/mol. The molecule has 7 nitrogen and oxygen atoms in total. The Bertz CT molecular complexity index is 957. The van der Waals surface area contributed by atoms with E-state index in [9.17, 15) is 13.2 Å². The third kappa shape index (κ3) is 5.41. The van der Waals surface area contributed by atoms with Crippen LogP contribution in [-0.4, -0.2) is 44.9 Å². The van der Waals surface area contributed by atoms with Crippen molar-refractivity contribution in [3.8, 4) is 11.5 Å². The van der Waals surface area contributed by atoms with Crippen LogP contribution in [0.3, 0.4) is 0 Å². The van der Waals surface area contributed by atoms with Crippen molar-refractivity contribution in [1.82, 2.24) is 4.31 Å². The van der Waals surface area contributed by atoms with E-state index in [4.69, 9.17) is 21.1 Å². The van der Waals surface area contributed by atoms with Gasteiger partial charge in [0, 0.05) is 23.8 Å². The second-order valence-electron chi connectivity index (χ2n) is 6.50. The molecule has 0 atom stereocenters. The number of sulfonamides is 1. The molecule has 1 aliphatic heterocycles. The summed E-state index contributed by atoms with van der Waals surface area (Å²) in [5.41, 5.74) is 0.357. The third-order valence-corrected chi connectivity index (χ3v) is 6.57. The molecule has 0 aliphatic carbocycles. The second kappa shape index (κ2) is 9.47. The van der Waals surface area contributed by atoms with E-state index >= 15 is 0 Å². The first-order valence-corrected chi connectivity index (χ1v) is 11.2. The second-order valence-corrected chi connectivity index (χ2v) is 8.84. The van der Waals surface area contributed by atoms with Gasteiger partial charge in [0.25, 0.3) is 5.91 Å². The van der Waals surface area contributed by atoms with Gasteiger partial charge in [0.15, 0.2) is 6.61 Å². The number of carbonyl (C=O) groups is 1. The molecule has 0 saturated carbocycles. The van der Waals surface area contributed by atoms with Gasteiger partial charge in [0.05, 0.1) is 6.61 Å². The molecule has 1 aliphatic rings. The number of hydrogen-bond donors (Lipinski definition) is 1. The van der Waals surface area contributed by atoms with Crippen molar-refractivity contribution >= 4 is 33.2 Å². The quantitative estimate of drug-likeness (QED) is 0.681. The molecule has 1 saturated heterocycles. The van der Waals surface area contributed by atoms with Gasteiger partial charge in [0.1, 0.15) is 16.4 Å². The van der Waals surface area contributed by atoms with Crippen molar-refractivity contribution in [1.29, 1.82) is 0 Å². The fourth-order valence-corrected chi connectivity index (χ4v) is 4.81. The minimum absolute atomic E-state index is 0.0534. The highest BCUT2D eigenvalue weighted by Crippen LogP contribution is 2.31. The minimum Gasteiger partial charge on any atom is -0.492 e. The zero-order valence-electron chi connectivity index (χ0n) is 16.1. The summed E-state index contributed by atoms with van der Waals surface area (Å²) in [5.74, 6) is 0.372. The molecule has 0 radical (unpaired) electrons. The van der Waals surface area contributed by atoms with Crippen LogP contribution >= 0.6 is 11.6 Å². The van der Waals surface area contributed by atoms with Crippen molar-refractivity contribution in [2.75, 3.05) is 31.6 Å². The Morgan fingerprint density at radius 3 is 2.45 bits per heavy atom. The Morgan fingerprint density at radius 1 is 1.10 bits per heavy atom. The maximum absolute atomic E-state index is 13.0. The first-order valence-electron chi connectivity index (χ1n) is 9.35. The van der Waals surface area contributed by atoms with Gasteiger partial charge < -0.3 is 14.8 Å². The zero-order chi connectivity index (χ0) is 20.9. The van der Waals surface area contributed by atoms with Crippen LogP contribution in [0.5, 0.6) is 11.5 Å². The Kier molecular flexibility index (Phi) is 7.00. The average Bonchev–Trinajstić information content (AvgIpc) is 3.25. The molecule has 0 spiro atoms. The summed E-state index contributed by atoms with van der Waals surface area (Å²) in [6, 6.07) is 11.2. The molecule has 9 heteroatoms. The standard InChI is InChI=1S/C20H23ClN2O5S/c1-2-27-18-10-7-16(13-19(18)29(25,26)23-11-3-4-12-23)22-20(24)14-28-17-8-5-15(21)6-9-17/h5-10,13H,2-4,11-12,14H2,1H3,(H,22,24). The van der Waals surface area contributed by atoms with E-state index in [1.54, 1.807) is 43.3 Å². The van der Waals surface area contributed by atoms with E-state index in [2.05, 4.69) is 5.32 Å². The third-order valence-electron chi connectivity index (χ3n) is 4.39. The predicted octanol–water partition coefficient (Wildman–Crippen LogP) is 3.54. The number of nitrogens with one attached hydrogen (secondary N) is 1. The number of amides is 1. The van der Waals surface area contributed by atoms with Crippen molar-refractivity contribution in [2.24, 2.45) is 0 Å². The number of benzene rings is 2. The summed E-state index contributed by atoms with van der Waals surface area (Å²) in [6.45, 7) is 2.88. The van der Waals surface area contributed by atoms with Crippen LogP contribution in [-0.2, 0) is 14.8 Å². The van der Waals surface area contributed by atoms with E-state index in [1.807, 2.05) is 0 Å². The Hall–Kier alpha value is -2.29. The van der Waals surface area contributed by atoms with Gasteiger partial charge in [-0.1, -0.05) is 11.6 Å². The molecule has 2 aromatic carbocycles. The van der Waals surface area contributed by atoms with E-state index in [-0.39, 0.29) is 17.3 Å². The molecule has 0 aromatic heterocycles. The zero-order valence-corrected chi connectivity index (χ0v) is 17.6. The Morgan fingerprint density at radius 2 is 1.79 bits per heavy atom. The predicted molar refractivity (Wildman–Crippen MR) is 111 cm³/mol. The number of carbonyl (C=O) groups excluding carboxylic acids is 1. The summed E-state index contributed by atoms with van der Waals surface area (Å²) < 4.78 is 38.4. The summed E-state index contributed by atoms with van der Waals surface area (Å²) in [6.07, 6.45) is 1.67. The number of halogens is 1. The van der Waals surface area contributed by atoms with Gasteiger partial charge in [-0.15, -0.1) is 0 Å². The molecule has 1 heterocycles. The summed E-state index contributed by atoms with van der Waals surface area (Å²) in [4.78, 5) is 12.3. The molecule has 3 rings (SSSR count). The lowest BCUT2D eigenvalue weighted by molar-refractivity contribution is -0.118. The highest BCUT2D eigenvalue weighted by Gasteiger charge is 2.30. The van der Waals surface area contributed by atoms with Gasteiger partial charge in [-0.05, 0) is 62.2 Å². The SMILES string of the molecule is CCOc1ccc(NC(=O)COc2ccc(Cl)cc2)cc1S(=O)(=O)N1CCCC1. The Balaban J connectivity index is 1.73. The van der Waals surface area contributed by atoms with Gasteiger partial charge in [-0.25, -0.2) is 8.42 Å². The lowest BCUT2D eigenvalue weighted by Gasteiger charge is -2.19. The lowest BCUT2D eigenvalue weighted by atomic mass is 10.3. The number of ether oxygens (including phenoxy) is 2. The van der Waals surface area contributed by atoms with Crippen molar-refractivity contribution in [2.45, 2.75) is 24.7 Å². The van der Waals surface area contributed by atoms with Crippen molar-refractivity contribution < 1.29 is 22.7 Å². The fraction of sp³-hybridized carbons (Fsp3) is 0.350. The summed E-state index contributed by atoms with van der Waals surface area (Å²) in [7, 11) is -3.70. The van der Waals surface area contributed by atoms with Gasteiger partial charge >= 0.3 is 0 Å². The topological polar surface area (TPSA) is 84.9 Å². The van der Waals surface area contributed by atoms with Crippen LogP contribution in [0.1, 0.15) is 19.8 Å². The van der Waals surface area contributed by atoms with Crippen molar-refractivity contribution in [3.63, 3.8) is 0 Å². The largest absolute Gasteiger partial charge is 0.492 e. The molecule has 29 heavy (non-hydrogen) atoms. The summed E-state index contributed by atoms with van der Waals surface area (Å²) >= 11 is 5.82.